The summed E-state index contributed by atoms with van der Waals surface area (Å²) in [7, 11) is 1.00. The van der Waals surface area contributed by atoms with Crippen LogP contribution in [0.5, 0.6) is 0 Å². The van der Waals surface area contributed by atoms with Gasteiger partial charge in [-0.05, 0) is 0 Å². The van der Waals surface area contributed by atoms with Crippen molar-refractivity contribution in [3.8, 4) is 0 Å². The summed E-state index contributed by atoms with van der Waals surface area (Å²) in [5.41, 5.74) is 0. The van der Waals surface area contributed by atoms with Gasteiger partial charge < -0.3 is 25.7 Å². The van der Waals surface area contributed by atoms with Gasteiger partial charge in [0.25, 0.3) is 0 Å². The van der Waals surface area contributed by atoms with Crippen molar-refractivity contribution in [2.45, 2.75) is 0 Å². The maximum atomic E-state index is 7.75. The Bertz CT molecular complexity index is 32.9. The van der Waals surface area contributed by atoms with Gasteiger partial charge in [0.2, 0.25) is 0 Å². The van der Waals surface area contributed by atoms with E-state index in [9.17, 15) is 0 Å². The fourth-order valence-electron chi connectivity index (χ4n) is 0. The smallest absolute Gasteiger partial charge is 1.00 e. The van der Waals surface area contributed by atoms with Crippen LogP contribution in [0.3, 0.4) is 0 Å². The Balaban J connectivity index is -0.00000000379. The second kappa shape index (κ2) is 2240. The molecule has 1 N–H and O–H groups in total. The fraction of sp³-hybridized carbons (Fsp3) is 0.200. The second-order valence-corrected chi connectivity index (χ2v) is 0. The molecule has 12 heavy (non-hydrogen) atoms. The van der Waals surface area contributed by atoms with Crippen molar-refractivity contribution in [3.05, 3.63) is 0 Å². The van der Waals surface area contributed by atoms with Gasteiger partial charge in [-0.3, -0.25) is 27.2 Å². The van der Waals surface area contributed by atoms with E-state index < -0.39 is 0 Å². The van der Waals surface area contributed by atoms with Gasteiger partial charge in [0.1, 0.15) is 0 Å². The molecular formula is C5H9CoKO5-4. The third kappa shape index (κ3) is 1680. The molecule has 0 aliphatic carbocycles. The molecule has 0 fully saturated rings. The molecule has 0 saturated heterocycles. The van der Waals surface area contributed by atoms with Crippen LogP contribution >= 0.6 is 0 Å². The number of hydrogen-bond donors (Lipinski definition) is 1. The zero-order valence-electron chi connectivity index (χ0n) is 7.72. The van der Waals surface area contributed by atoms with Crippen LogP contribution in [0.1, 0.15) is 1.43 Å². The maximum absolute atomic E-state index is 7.75. The number of hydrogen-bond acceptors (Lipinski definition) is 5. The molecule has 0 aliphatic rings. The summed E-state index contributed by atoms with van der Waals surface area (Å²) in [6.45, 7) is 13.0. The topological polar surface area (TPSA) is 88.5 Å². The molecule has 0 atom stereocenters. The van der Waals surface area contributed by atoms with Crippen LogP contribution < -0.4 is 51.4 Å². The number of rotatable bonds is 0. The number of aliphatic hydroxyl groups is 1. The first-order valence-electron chi connectivity index (χ1n) is 1.39. The van der Waals surface area contributed by atoms with E-state index in [0.29, 0.717) is 0 Å². The van der Waals surface area contributed by atoms with E-state index in [2.05, 4.69) is 27.2 Å². The number of aliphatic hydroxyl groups excluding tert-OH is 1. The van der Waals surface area contributed by atoms with Crippen LogP contribution in [0.4, 0.5) is 0 Å². The van der Waals surface area contributed by atoms with Crippen LogP contribution in [-0.2, 0) is 36.0 Å². The molecule has 1 radical (unpaired) electrons. The van der Waals surface area contributed by atoms with Crippen molar-refractivity contribution < 1.29 is 93.9 Å². The van der Waals surface area contributed by atoms with Gasteiger partial charge in [0, 0.05) is 23.9 Å². The van der Waals surface area contributed by atoms with Crippen molar-refractivity contribution >= 4 is 27.2 Å². The summed E-state index contributed by atoms with van der Waals surface area (Å²) in [6, 6.07) is 0. The average molecular weight is 247 g/mol. The molecule has 0 unspecified atom stereocenters. The Hall–Kier alpha value is 0.783. The first kappa shape index (κ1) is 53.1. The van der Waals surface area contributed by atoms with Gasteiger partial charge in [0.05, 0.1) is 0 Å². The summed E-state index contributed by atoms with van der Waals surface area (Å²) in [4.78, 5) is 31.0. The van der Waals surface area contributed by atoms with Gasteiger partial charge in [-0.1, -0.05) is 0 Å². The van der Waals surface area contributed by atoms with Gasteiger partial charge >= 0.3 is 51.4 Å². The summed E-state index contributed by atoms with van der Waals surface area (Å²) in [5, 5.41) is 7.00. The van der Waals surface area contributed by atoms with E-state index >= 15 is 0 Å². The zero-order valence-corrected chi connectivity index (χ0v) is 10.9. The standard InChI is InChI=1S/CH4O.4CHO.Co.K.H/c5*1-2;;;/h2H,1H3;4*1H;;;/q;4*-1;;+1;-1. The fourth-order valence-corrected chi connectivity index (χ4v) is 0. The third-order valence-electron chi connectivity index (χ3n) is 0. The van der Waals surface area contributed by atoms with Crippen molar-refractivity contribution in [1.29, 1.82) is 0 Å². The molecule has 0 aromatic rings. The monoisotopic (exact) mass is 247 g/mol. The molecule has 0 amide bonds. The molecule has 0 saturated carbocycles. The van der Waals surface area contributed by atoms with Gasteiger partial charge in [0.15, 0.2) is 0 Å². The molecule has 0 aliphatic heterocycles. The van der Waals surface area contributed by atoms with E-state index in [1.165, 1.54) is 0 Å². The largest absolute Gasteiger partial charge is 1.00 e. The van der Waals surface area contributed by atoms with Crippen LogP contribution in [0.2, 0.25) is 0 Å². The summed E-state index contributed by atoms with van der Waals surface area (Å²) in [5.74, 6) is 0. The minimum atomic E-state index is 0. The molecule has 0 aromatic heterocycles. The summed E-state index contributed by atoms with van der Waals surface area (Å²) in [6.07, 6.45) is 0. The third-order valence-corrected chi connectivity index (χ3v) is 0. The van der Waals surface area contributed by atoms with Gasteiger partial charge in [-0.25, -0.2) is 0 Å². The Kier molecular flexibility index (Phi) is 9890. The number of carbonyl (C=O) groups excluding carboxylic acids is 4. The normalized spacial score (nSPS) is 1.83. The van der Waals surface area contributed by atoms with Crippen LogP contribution in [0, 0.1) is 0 Å². The first-order chi connectivity index (χ1) is 5.00. The predicted octanol–water partition coefficient (Wildman–Crippen LogP) is -4.37. The minimum absolute atomic E-state index is 0. The molecular weight excluding hydrogens is 238 g/mol. The Labute approximate surface area is 126 Å². The Morgan fingerprint density at radius 3 is 0.750 bits per heavy atom. The average Bonchev–Trinajstić information content (AvgIpc) is 2.20. The van der Waals surface area contributed by atoms with Gasteiger partial charge in [-0.2, -0.15) is 0 Å². The molecule has 5 nitrogen and oxygen atoms in total. The molecule has 73 valence electrons. The molecule has 0 heterocycles. The van der Waals surface area contributed by atoms with Crippen LogP contribution in [0.15, 0.2) is 0 Å². The summed E-state index contributed by atoms with van der Waals surface area (Å²) >= 11 is 0. The maximum Gasteiger partial charge on any atom is 1.00 e. The van der Waals surface area contributed by atoms with E-state index in [4.69, 9.17) is 24.3 Å². The Morgan fingerprint density at radius 2 is 0.750 bits per heavy atom. The second-order valence-electron chi connectivity index (χ2n) is 0. The quantitative estimate of drug-likeness (QED) is 0.265. The van der Waals surface area contributed by atoms with Gasteiger partial charge in [-0.15, -0.1) is 0 Å². The molecule has 0 rings (SSSR count). The van der Waals surface area contributed by atoms with Crippen molar-refractivity contribution in [1.82, 2.24) is 0 Å². The Morgan fingerprint density at radius 1 is 0.750 bits per heavy atom. The van der Waals surface area contributed by atoms with Crippen molar-refractivity contribution in [2.75, 3.05) is 7.11 Å². The molecule has 0 spiro atoms. The predicted molar refractivity (Wildman–Crippen MR) is 36.3 cm³/mol. The SMILES string of the molecule is CO.[CH-]=O.[CH-]=O.[CH-]=O.[CH-]=O.[Co].[H-].[K+]. The zero-order chi connectivity index (χ0) is 10.0. The molecule has 7 heteroatoms. The summed E-state index contributed by atoms with van der Waals surface area (Å²) < 4.78 is 0. The molecule has 0 aromatic carbocycles. The van der Waals surface area contributed by atoms with E-state index in [0.717, 1.165) is 7.11 Å². The molecule has 0 bridgehead atoms. The van der Waals surface area contributed by atoms with Crippen molar-refractivity contribution in [3.63, 3.8) is 0 Å². The minimum Gasteiger partial charge on any atom is -1.00 e. The van der Waals surface area contributed by atoms with E-state index in [-0.39, 0.29) is 69.6 Å². The van der Waals surface area contributed by atoms with Crippen LogP contribution in [-0.4, -0.2) is 39.4 Å². The first-order valence-corrected chi connectivity index (χ1v) is 1.39. The van der Waals surface area contributed by atoms with E-state index in [1.807, 2.05) is 0 Å². The van der Waals surface area contributed by atoms with E-state index in [1.54, 1.807) is 0 Å². The van der Waals surface area contributed by atoms with Crippen molar-refractivity contribution in [2.24, 2.45) is 0 Å². The van der Waals surface area contributed by atoms with Crippen LogP contribution in [0.25, 0.3) is 0 Å².